The molecule has 52 heavy (non-hydrogen) atoms. The van der Waals surface area contributed by atoms with E-state index in [1.54, 1.807) is 6.07 Å². The lowest BCUT2D eigenvalue weighted by atomic mass is 9.96. The van der Waals surface area contributed by atoms with Crippen LogP contribution in [0.15, 0.2) is 164 Å². The molecule has 0 N–H and O–H groups in total. The Kier molecular flexibility index (Phi) is 7.73. The second kappa shape index (κ2) is 13.1. The minimum absolute atomic E-state index is 0.379. The lowest BCUT2D eigenvalue weighted by molar-refractivity contribution is 1.07. The van der Waals surface area contributed by atoms with E-state index in [1.165, 1.54) is 5.39 Å². The first-order chi connectivity index (χ1) is 25.7. The Morgan fingerprint density at radius 2 is 0.750 bits per heavy atom. The smallest absolute Gasteiger partial charge is 0.165 e. The van der Waals surface area contributed by atoms with Gasteiger partial charge >= 0.3 is 0 Å². The molecule has 7 heteroatoms. The number of benzene rings is 7. The van der Waals surface area contributed by atoms with Crippen molar-refractivity contribution in [3.8, 4) is 74.4 Å². The molecule has 0 aliphatic heterocycles. The number of aromatic nitrogens is 6. The molecule has 2 aromatic heterocycles. The zero-order valence-corrected chi connectivity index (χ0v) is 27.7. The van der Waals surface area contributed by atoms with E-state index in [9.17, 15) is 5.26 Å². The maximum atomic E-state index is 10.3. The average molecular weight is 666 g/mol. The van der Waals surface area contributed by atoms with E-state index in [0.29, 0.717) is 51.6 Å². The molecule has 0 atom stereocenters. The Labute approximate surface area is 299 Å². The van der Waals surface area contributed by atoms with Crippen molar-refractivity contribution >= 4 is 21.5 Å². The van der Waals surface area contributed by atoms with Gasteiger partial charge in [-0.2, -0.15) is 5.26 Å². The summed E-state index contributed by atoms with van der Waals surface area (Å²) in [5, 5.41) is 14.8. The highest BCUT2D eigenvalue weighted by Crippen LogP contribution is 2.36. The highest BCUT2D eigenvalue weighted by molar-refractivity contribution is 6.13. The standard InChI is InChI=1S/C45H27N7/c46-28-34-25-24-33(27-38(34)44-49-40(29-14-4-1-5-15-29)47-41(50-44)30-16-6-2-7-17-30)43-48-42(31-18-8-3-9-19-31)51-45(52-43)39-26-32-20-10-11-21-35(32)36-22-12-13-23-37(36)39/h1-27H. The molecule has 7 aromatic carbocycles. The molecule has 7 nitrogen and oxygen atoms in total. The fourth-order valence-electron chi connectivity index (χ4n) is 6.48. The van der Waals surface area contributed by atoms with Gasteiger partial charge in [0.05, 0.1) is 11.6 Å². The summed E-state index contributed by atoms with van der Waals surface area (Å²) in [6, 6.07) is 56.2. The topological polar surface area (TPSA) is 101 Å². The van der Waals surface area contributed by atoms with Gasteiger partial charge in [0, 0.05) is 33.4 Å². The Balaban J connectivity index is 1.26. The Hall–Kier alpha value is -7.43. The number of nitriles is 1. The number of fused-ring (bicyclic) bond motifs is 3. The third kappa shape index (κ3) is 5.70. The van der Waals surface area contributed by atoms with Gasteiger partial charge in [0.15, 0.2) is 34.9 Å². The monoisotopic (exact) mass is 665 g/mol. The van der Waals surface area contributed by atoms with Gasteiger partial charge in [0.1, 0.15) is 0 Å². The predicted octanol–water partition coefficient (Wildman–Crippen LogP) is 10.2. The molecule has 0 fully saturated rings. The molecular weight excluding hydrogens is 639 g/mol. The summed E-state index contributed by atoms with van der Waals surface area (Å²) >= 11 is 0. The van der Waals surface area contributed by atoms with Crippen molar-refractivity contribution in [2.24, 2.45) is 0 Å². The van der Waals surface area contributed by atoms with E-state index in [2.05, 4.69) is 48.5 Å². The molecule has 0 saturated heterocycles. The van der Waals surface area contributed by atoms with Gasteiger partial charge in [-0.15, -0.1) is 0 Å². The van der Waals surface area contributed by atoms with Crippen LogP contribution >= 0.6 is 0 Å². The van der Waals surface area contributed by atoms with Crippen LogP contribution in [0.1, 0.15) is 5.56 Å². The van der Waals surface area contributed by atoms with Crippen molar-refractivity contribution in [3.63, 3.8) is 0 Å². The first-order valence-corrected chi connectivity index (χ1v) is 16.9. The Morgan fingerprint density at radius 3 is 1.29 bits per heavy atom. The molecule has 2 heterocycles. The van der Waals surface area contributed by atoms with Crippen LogP contribution in [0.3, 0.4) is 0 Å². The largest absolute Gasteiger partial charge is 0.208 e. The number of nitrogens with zero attached hydrogens (tertiary/aromatic N) is 7. The normalized spacial score (nSPS) is 11.1. The molecule has 242 valence electrons. The van der Waals surface area contributed by atoms with E-state index >= 15 is 0 Å². The van der Waals surface area contributed by atoms with Crippen molar-refractivity contribution < 1.29 is 0 Å². The minimum atomic E-state index is 0.379. The fourth-order valence-corrected chi connectivity index (χ4v) is 6.48. The third-order valence-corrected chi connectivity index (χ3v) is 9.01. The van der Waals surface area contributed by atoms with Crippen LogP contribution in [-0.4, -0.2) is 29.9 Å². The molecule has 0 unspecified atom stereocenters. The van der Waals surface area contributed by atoms with Gasteiger partial charge in [0.25, 0.3) is 0 Å². The second-order valence-electron chi connectivity index (χ2n) is 12.3. The summed E-state index contributed by atoms with van der Waals surface area (Å²) < 4.78 is 0. The number of hydrogen-bond acceptors (Lipinski definition) is 7. The van der Waals surface area contributed by atoms with E-state index in [1.807, 2.05) is 115 Å². The third-order valence-electron chi connectivity index (χ3n) is 9.01. The van der Waals surface area contributed by atoms with Crippen LogP contribution in [-0.2, 0) is 0 Å². The van der Waals surface area contributed by atoms with Gasteiger partial charge in [-0.25, -0.2) is 29.9 Å². The van der Waals surface area contributed by atoms with Gasteiger partial charge < -0.3 is 0 Å². The summed E-state index contributed by atoms with van der Waals surface area (Å²) in [6.45, 7) is 0. The van der Waals surface area contributed by atoms with Crippen molar-refractivity contribution in [2.45, 2.75) is 0 Å². The van der Waals surface area contributed by atoms with E-state index in [-0.39, 0.29) is 0 Å². The lowest BCUT2D eigenvalue weighted by Gasteiger charge is -2.13. The Bertz CT molecular complexity index is 2740. The van der Waals surface area contributed by atoms with Gasteiger partial charge in [0.2, 0.25) is 0 Å². The van der Waals surface area contributed by atoms with E-state index in [4.69, 9.17) is 29.9 Å². The molecular formula is C45H27N7. The maximum absolute atomic E-state index is 10.3. The molecule has 0 radical (unpaired) electrons. The summed E-state index contributed by atoms with van der Waals surface area (Å²) in [5.41, 5.74) is 5.13. The molecule has 0 saturated carbocycles. The summed E-state index contributed by atoms with van der Waals surface area (Å²) in [4.78, 5) is 29.8. The van der Waals surface area contributed by atoms with Crippen LogP contribution in [0.5, 0.6) is 0 Å². The zero-order chi connectivity index (χ0) is 34.9. The lowest BCUT2D eigenvalue weighted by Crippen LogP contribution is -2.03. The van der Waals surface area contributed by atoms with Crippen LogP contribution in [0.2, 0.25) is 0 Å². The minimum Gasteiger partial charge on any atom is -0.208 e. The highest BCUT2D eigenvalue weighted by Gasteiger charge is 2.19. The Morgan fingerprint density at radius 1 is 0.327 bits per heavy atom. The number of hydrogen-bond donors (Lipinski definition) is 0. The van der Waals surface area contributed by atoms with Crippen molar-refractivity contribution in [3.05, 3.63) is 169 Å². The van der Waals surface area contributed by atoms with Crippen LogP contribution in [0.25, 0.3) is 89.9 Å². The number of rotatable bonds is 6. The van der Waals surface area contributed by atoms with Gasteiger partial charge in [-0.3, -0.25) is 0 Å². The molecule has 0 bridgehead atoms. The fraction of sp³-hybridized carbons (Fsp3) is 0. The first-order valence-electron chi connectivity index (χ1n) is 16.9. The van der Waals surface area contributed by atoms with Crippen LogP contribution in [0.4, 0.5) is 0 Å². The van der Waals surface area contributed by atoms with E-state index < -0.39 is 0 Å². The predicted molar refractivity (Wildman–Crippen MR) is 206 cm³/mol. The molecule has 0 aliphatic carbocycles. The van der Waals surface area contributed by atoms with Crippen molar-refractivity contribution in [1.29, 1.82) is 5.26 Å². The van der Waals surface area contributed by atoms with Crippen molar-refractivity contribution in [1.82, 2.24) is 29.9 Å². The molecule has 0 amide bonds. The highest BCUT2D eigenvalue weighted by atomic mass is 15.0. The quantitative estimate of drug-likeness (QED) is 0.163. The second-order valence-corrected chi connectivity index (χ2v) is 12.3. The van der Waals surface area contributed by atoms with Gasteiger partial charge in [-0.05, 0) is 45.8 Å². The zero-order valence-electron chi connectivity index (χ0n) is 27.7. The maximum Gasteiger partial charge on any atom is 0.165 e. The van der Waals surface area contributed by atoms with Crippen LogP contribution < -0.4 is 0 Å². The molecule has 9 rings (SSSR count). The first kappa shape index (κ1) is 30.6. The van der Waals surface area contributed by atoms with Crippen molar-refractivity contribution in [2.75, 3.05) is 0 Å². The van der Waals surface area contributed by atoms with Crippen LogP contribution in [0, 0.1) is 11.3 Å². The summed E-state index contributed by atoms with van der Waals surface area (Å²) in [7, 11) is 0. The van der Waals surface area contributed by atoms with E-state index in [0.717, 1.165) is 38.4 Å². The summed E-state index contributed by atoms with van der Waals surface area (Å²) in [5.74, 6) is 2.96. The van der Waals surface area contributed by atoms with Gasteiger partial charge in [-0.1, -0.05) is 140 Å². The molecule has 9 aromatic rings. The SMILES string of the molecule is N#Cc1ccc(-c2nc(-c3ccccc3)nc(-c3cc4ccccc4c4ccccc34)n2)cc1-c1nc(-c2ccccc2)nc(-c2ccccc2)n1. The average Bonchev–Trinajstić information content (AvgIpc) is 3.23. The molecule has 0 aliphatic rings. The molecule has 0 spiro atoms. The summed E-state index contributed by atoms with van der Waals surface area (Å²) in [6.07, 6.45) is 0.